The molecule has 3 rings (SSSR count). The summed E-state index contributed by atoms with van der Waals surface area (Å²) in [5.74, 6) is -0.0285. The summed E-state index contributed by atoms with van der Waals surface area (Å²) in [6.07, 6.45) is 7.53. The van der Waals surface area contributed by atoms with Crippen molar-refractivity contribution in [2.75, 3.05) is 24.5 Å². The molecule has 1 saturated carbocycles. The summed E-state index contributed by atoms with van der Waals surface area (Å²) < 4.78 is 0. The van der Waals surface area contributed by atoms with Crippen LogP contribution in [0.2, 0.25) is 0 Å². The number of amides is 3. The highest BCUT2D eigenvalue weighted by atomic mass is 16.2. The second-order valence-electron chi connectivity index (χ2n) is 8.95. The van der Waals surface area contributed by atoms with Gasteiger partial charge in [-0.3, -0.25) is 4.79 Å². The standard InChI is InChI=1S/C24H38N4O2/c1-4-28(18(2)3)22-12-10-19(11-13-22)23(29)25-21-14-16-27(17-15-21)24(30)26-20-8-6-5-7-9-20/h10-13,18,20-21H,4-9,14-17H2,1-3H3,(H,25,29)(H,26,30). The first kappa shape index (κ1) is 22.4. The molecule has 0 unspecified atom stereocenters. The van der Waals surface area contributed by atoms with Gasteiger partial charge in [-0.1, -0.05) is 19.3 Å². The predicted molar refractivity (Wildman–Crippen MR) is 122 cm³/mol. The molecule has 6 heteroatoms. The first-order chi connectivity index (χ1) is 14.5. The molecule has 2 fully saturated rings. The van der Waals surface area contributed by atoms with Crippen LogP contribution in [0.5, 0.6) is 0 Å². The molecule has 0 aromatic heterocycles. The van der Waals surface area contributed by atoms with E-state index in [0.29, 0.717) is 30.7 Å². The number of benzene rings is 1. The number of hydrogen-bond donors (Lipinski definition) is 2. The van der Waals surface area contributed by atoms with Crippen LogP contribution in [-0.2, 0) is 0 Å². The third kappa shape index (κ3) is 5.89. The van der Waals surface area contributed by atoms with Gasteiger partial charge in [0.05, 0.1) is 0 Å². The summed E-state index contributed by atoms with van der Waals surface area (Å²) >= 11 is 0. The first-order valence-corrected chi connectivity index (χ1v) is 11.7. The van der Waals surface area contributed by atoms with E-state index in [9.17, 15) is 9.59 Å². The fourth-order valence-corrected chi connectivity index (χ4v) is 4.66. The molecule has 1 aromatic carbocycles. The van der Waals surface area contributed by atoms with E-state index in [1.165, 1.54) is 19.3 Å². The highest BCUT2D eigenvalue weighted by molar-refractivity contribution is 5.94. The van der Waals surface area contributed by atoms with Crippen LogP contribution in [0.3, 0.4) is 0 Å². The Morgan fingerprint density at radius 1 is 0.967 bits per heavy atom. The largest absolute Gasteiger partial charge is 0.369 e. The molecular formula is C24H38N4O2. The number of piperidine rings is 1. The lowest BCUT2D eigenvalue weighted by molar-refractivity contribution is 0.0917. The van der Waals surface area contributed by atoms with Crippen LogP contribution in [0.25, 0.3) is 0 Å². The van der Waals surface area contributed by atoms with E-state index in [1.807, 2.05) is 29.2 Å². The van der Waals surface area contributed by atoms with Crippen LogP contribution in [0.1, 0.15) is 76.1 Å². The van der Waals surface area contributed by atoms with Gasteiger partial charge in [0.1, 0.15) is 0 Å². The monoisotopic (exact) mass is 414 g/mol. The lowest BCUT2D eigenvalue weighted by Gasteiger charge is -2.34. The van der Waals surface area contributed by atoms with Crippen LogP contribution in [0, 0.1) is 0 Å². The maximum atomic E-state index is 12.7. The van der Waals surface area contributed by atoms with Crippen molar-refractivity contribution in [3.8, 4) is 0 Å². The molecule has 30 heavy (non-hydrogen) atoms. The minimum Gasteiger partial charge on any atom is -0.369 e. The van der Waals surface area contributed by atoms with Gasteiger partial charge in [0.25, 0.3) is 5.91 Å². The summed E-state index contributed by atoms with van der Waals surface area (Å²) in [4.78, 5) is 29.4. The van der Waals surface area contributed by atoms with Gasteiger partial charge in [0.15, 0.2) is 0 Å². The van der Waals surface area contributed by atoms with Crippen molar-refractivity contribution in [3.63, 3.8) is 0 Å². The fraction of sp³-hybridized carbons (Fsp3) is 0.667. The zero-order valence-electron chi connectivity index (χ0n) is 18.8. The van der Waals surface area contributed by atoms with Crippen molar-refractivity contribution in [1.82, 2.24) is 15.5 Å². The Morgan fingerprint density at radius 3 is 2.13 bits per heavy atom. The van der Waals surface area contributed by atoms with E-state index >= 15 is 0 Å². The van der Waals surface area contributed by atoms with Gasteiger partial charge in [0.2, 0.25) is 0 Å². The SMILES string of the molecule is CCN(c1ccc(C(=O)NC2CCN(C(=O)NC3CCCCC3)CC2)cc1)C(C)C. The van der Waals surface area contributed by atoms with Gasteiger partial charge in [-0.25, -0.2) is 4.79 Å². The molecule has 2 N–H and O–H groups in total. The van der Waals surface area contributed by atoms with E-state index in [4.69, 9.17) is 0 Å². The van der Waals surface area contributed by atoms with Crippen molar-refractivity contribution in [2.45, 2.75) is 83.8 Å². The number of carbonyl (C=O) groups excluding carboxylic acids is 2. The van der Waals surface area contributed by atoms with Crippen molar-refractivity contribution in [1.29, 1.82) is 0 Å². The number of nitrogens with one attached hydrogen (secondary N) is 2. The zero-order valence-corrected chi connectivity index (χ0v) is 18.8. The number of nitrogens with zero attached hydrogens (tertiary/aromatic N) is 2. The van der Waals surface area contributed by atoms with E-state index < -0.39 is 0 Å². The minimum absolute atomic E-state index is 0.0285. The highest BCUT2D eigenvalue weighted by Gasteiger charge is 2.26. The number of carbonyl (C=O) groups is 2. The van der Waals surface area contributed by atoms with Crippen molar-refractivity contribution in [3.05, 3.63) is 29.8 Å². The van der Waals surface area contributed by atoms with Crippen LogP contribution in [-0.4, -0.2) is 54.6 Å². The van der Waals surface area contributed by atoms with E-state index in [2.05, 4.69) is 36.3 Å². The molecule has 1 heterocycles. The molecule has 0 spiro atoms. The Kier molecular flexibility index (Phi) is 8.00. The number of rotatable bonds is 6. The normalized spacial score (nSPS) is 18.3. The average Bonchev–Trinajstić information content (AvgIpc) is 2.75. The molecule has 1 aromatic rings. The van der Waals surface area contributed by atoms with Crippen LogP contribution < -0.4 is 15.5 Å². The summed E-state index contributed by atoms with van der Waals surface area (Å²) in [5.41, 5.74) is 1.83. The van der Waals surface area contributed by atoms with E-state index in [1.54, 1.807) is 0 Å². The molecule has 6 nitrogen and oxygen atoms in total. The van der Waals surface area contributed by atoms with Crippen molar-refractivity contribution >= 4 is 17.6 Å². The maximum absolute atomic E-state index is 12.7. The van der Waals surface area contributed by atoms with Gasteiger partial charge in [-0.2, -0.15) is 0 Å². The maximum Gasteiger partial charge on any atom is 0.317 e. The first-order valence-electron chi connectivity index (χ1n) is 11.7. The Morgan fingerprint density at radius 2 is 1.57 bits per heavy atom. The van der Waals surface area contributed by atoms with Crippen LogP contribution in [0.15, 0.2) is 24.3 Å². The van der Waals surface area contributed by atoms with Crippen molar-refractivity contribution < 1.29 is 9.59 Å². The molecular weight excluding hydrogens is 376 g/mol. The Bertz CT molecular complexity index is 690. The number of urea groups is 1. The molecule has 1 saturated heterocycles. The molecule has 0 radical (unpaired) electrons. The molecule has 3 amide bonds. The van der Waals surface area contributed by atoms with Crippen molar-refractivity contribution in [2.24, 2.45) is 0 Å². The zero-order chi connectivity index (χ0) is 21.5. The summed E-state index contributed by atoms with van der Waals surface area (Å²) in [5, 5.41) is 6.34. The van der Waals surface area contributed by atoms with E-state index in [-0.39, 0.29) is 18.0 Å². The Balaban J connectivity index is 1.45. The molecule has 0 atom stereocenters. The Hall–Kier alpha value is -2.24. The van der Waals surface area contributed by atoms with Gasteiger partial charge in [-0.05, 0) is 70.7 Å². The lowest BCUT2D eigenvalue weighted by atomic mass is 9.95. The van der Waals surface area contributed by atoms with Gasteiger partial charge >= 0.3 is 6.03 Å². The smallest absolute Gasteiger partial charge is 0.317 e. The average molecular weight is 415 g/mol. The van der Waals surface area contributed by atoms with Crippen LogP contribution >= 0.6 is 0 Å². The van der Waals surface area contributed by atoms with Gasteiger partial charge in [0, 0.05) is 49.0 Å². The third-order valence-corrected chi connectivity index (χ3v) is 6.48. The summed E-state index contributed by atoms with van der Waals surface area (Å²) in [6, 6.07) is 8.81. The predicted octanol–water partition coefficient (Wildman–Crippen LogP) is 4.16. The lowest BCUT2D eigenvalue weighted by Crippen LogP contribution is -2.51. The highest BCUT2D eigenvalue weighted by Crippen LogP contribution is 2.20. The number of hydrogen-bond acceptors (Lipinski definition) is 3. The number of anilines is 1. The van der Waals surface area contributed by atoms with Gasteiger partial charge in [-0.15, -0.1) is 0 Å². The second kappa shape index (κ2) is 10.7. The molecule has 166 valence electrons. The minimum atomic E-state index is -0.0285. The van der Waals surface area contributed by atoms with E-state index in [0.717, 1.165) is 37.9 Å². The summed E-state index contributed by atoms with van der Waals surface area (Å²) in [7, 11) is 0. The molecule has 1 aliphatic carbocycles. The molecule has 1 aliphatic heterocycles. The quantitative estimate of drug-likeness (QED) is 0.735. The number of likely N-dealkylation sites (tertiary alicyclic amines) is 1. The topological polar surface area (TPSA) is 64.7 Å². The second-order valence-corrected chi connectivity index (χ2v) is 8.95. The van der Waals surface area contributed by atoms with Gasteiger partial charge < -0.3 is 20.4 Å². The third-order valence-electron chi connectivity index (χ3n) is 6.48. The van der Waals surface area contributed by atoms with Crippen LogP contribution in [0.4, 0.5) is 10.5 Å². The molecule has 0 bridgehead atoms. The summed E-state index contributed by atoms with van der Waals surface area (Å²) in [6.45, 7) is 8.82. The Labute approximate surface area is 181 Å². The molecule has 2 aliphatic rings. The fourth-order valence-electron chi connectivity index (χ4n) is 4.66.